The Balaban J connectivity index is 2.44. The SMILES string of the molecule is NC(=S)Nc1ccc2nc(C(F)(F)F)[nH]c2c1. The van der Waals surface area contributed by atoms with E-state index in [2.05, 4.69) is 27.5 Å². The van der Waals surface area contributed by atoms with E-state index < -0.39 is 12.0 Å². The number of anilines is 1. The summed E-state index contributed by atoms with van der Waals surface area (Å²) in [6.45, 7) is 0. The Kier molecular flexibility index (Phi) is 2.66. The number of hydrogen-bond donors (Lipinski definition) is 3. The van der Waals surface area contributed by atoms with Crippen molar-refractivity contribution >= 4 is 34.1 Å². The van der Waals surface area contributed by atoms with Crippen molar-refractivity contribution in [1.82, 2.24) is 9.97 Å². The van der Waals surface area contributed by atoms with Crippen LogP contribution in [0.15, 0.2) is 18.2 Å². The number of aromatic nitrogens is 2. The summed E-state index contributed by atoms with van der Waals surface area (Å²) in [7, 11) is 0. The van der Waals surface area contributed by atoms with E-state index in [1.54, 1.807) is 6.07 Å². The van der Waals surface area contributed by atoms with Gasteiger partial charge in [-0.1, -0.05) is 0 Å². The number of hydrogen-bond acceptors (Lipinski definition) is 2. The zero-order valence-corrected chi connectivity index (χ0v) is 9.12. The standard InChI is InChI=1S/C9H7F3N4S/c10-9(11,12)7-15-5-2-1-4(14-8(13)17)3-6(5)16-7/h1-3H,(H,15,16)(H3,13,14,17). The molecular formula is C9H7F3N4S. The van der Waals surface area contributed by atoms with E-state index in [-0.39, 0.29) is 16.1 Å². The Bertz CT molecular complexity index is 575. The average Bonchev–Trinajstić information content (AvgIpc) is 2.58. The number of nitrogens with one attached hydrogen (secondary N) is 2. The number of H-pyrrole nitrogens is 1. The topological polar surface area (TPSA) is 66.7 Å². The van der Waals surface area contributed by atoms with Gasteiger partial charge in [0.2, 0.25) is 5.82 Å². The lowest BCUT2D eigenvalue weighted by molar-refractivity contribution is -0.144. The van der Waals surface area contributed by atoms with Crippen molar-refractivity contribution in [2.75, 3.05) is 5.32 Å². The van der Waals surface area contributed by atoms with Gasteiger partial charge in [-0.05, 0) is 30.4 Å². The summed E-state index contributed by atoms with van der Waals surface area (Å²) in [5.41, 5.74) is 6.25. The number of imidazole rings is 1. The second kappa shape index (κ2) is 3.88. The fourth-order valence-electron chi connectivity index (χ4n) is 1.36. The van der Waals surface area contributed by atoms with Crippen molar-refractivity contribution in [1.29, 1.82) is 0 Å². The minimum Gasteiger partial charge on any atom is -0.376 e. The Morgan fingerprint density at radius 3 is 2.71 bits per heavy atom. The molecule has 0 aliphatic rings. The highest BCUT2D eigenvalue weighted by Gasteiger charge is 2.34. The molecule has 0 spiro atoms. The summed E-state index contributed by atoms with van der Waals surface area (Å²) < 4.78 is 37.2. The summed E-state index contributed by atoms with van der Waals surface area (Å²) in [4.78, 5) is 5.62. The van der Waals surface area contributed by atoms with Gasteiger partial charge in [0.25, 0.3) is 0 Å². The van der Waals surface area contributed by atoms with Crippen LogP contribution >= 0.6 is 12.2 Å². The zero-order chi connectivity index (χ0) is 12.6. The first-order valence-corrected chi connectivity index (χ1v) is 4.90. The molecule has 0 fully saturated rings. The molecule has 17 heavy (non-hydrogen) atoms. The molecule has 2 rings (SSSR count). The molecule has 0 unspecified atom stereocenters. The number of aromatic amines is 1. The van der Waals surface area contributed by atoms with Crippen LogP contribution in [0.3, 0.4) is 0 Å². The van der Waals surface area contributed by atoms with Crippen LogP contribution in [0, 0.1) is 0 Å². The molecule has 1 aromatic heterocycles. The van der Waals surface area contributed by atoms with Gasteiger partial charge in [-0.2, -0.15) is 13.2 Å². The third-order valence-corrected chi connectivity index (χ3v) is 2.12. The number of fused-ring (bicyclic) bond motifs is 1. The largest absolute Gasteiger partial charge is 0.449 e. The molecule has 0 atom stereocenters. The lowest BCUT2D eigenvalue weighted by Gasteiger charge is -2.02. The first-order chi connectivity index (χ1) is 7.86. The summed E-state index contributed by atoms with van der Waals surface area (Å²) >= 11 is 4.63. The maximum atomic E-state index is 12.4. The van der Waals surface area contributed by atoms with E-state index in [9.17, 15) is 13.2 Å². The third kappa shape index (κ3) is 2.47. The Hall–Kier alpha value is -1.83. The van der Waals surface area contributed by atoms with Crippen LogP contribution < -0.4 is 11.1 Å². The lowest BCUT2D eigenvalue weighted by atomic mass is 10.3. The van der Waals surface area contributed by atoms with Crippen LogP contribution in [0.1, 0.15) is 5.82 Å². The molecule has 0 amide bonds. The minimum atomic E-state index is -4.49. The molecule has 0 saturated carbocycles. The summed E-state index contributed by atoms with van der Waals surface area (Å²) in [6, 6.07) is 4.45. The quantitative estimate of drug-likeness (QED) is 0.688. The molecule has 90 valence electrons. The maximum absolute atomic E-state index is 12.4. The molecule has 1 heterocycles. The highest BCUT2D eigenvalue weighted by Crippen LogP contribution is 2.29. The van der Waals surface area contributed by atoms with Crippen LogP contribution in [0.25, 0.3) is 11.0 Å². The van der Waals surface area contributed by atoms with Crippen LogP contribution in [-0.2, 0) is 6.18 Å². The molecule has 0 saturated heterocycles. The van der Waals surface area contributed by atoms with Crippen molar-refractivity contribution in [3.8, 4) is 0 Å². The van der Waals surface area contributed by atoms with Gasteiger partial charge in [0.1, 0.15) is 0 Å². The van der Waals surface area contributed by atoms with Crippen LogP contribution in [0.2, 0.25) is 0 Å². The first kappa shape index (κ1) is 11.6. The Labute approximate surface area is 99.0 Å². The van der Waals surface area contributed by atoms with E-state index in [0.717, 1.165) is 0 Å². The fourth-order valence-corrected chi connectivity index (χ4v) is 1.48. The lowest BCUT2D eigenvalue weighted by Crippen LogP contribution is -2.18. The van der Waals surface area contributed by atoms with E-state index in [1.165, 1.54) is 12.1 Å². The first-order valence-electron chi connectivity index (χ1n) is 4.49. The van der Waals surface area contributed by atoms with Crippen molar-refractivity contribution in [3.05, 3.63) is 24.0 Å². The van der Waals surface area contributed by atoms with E-state index >= 15 is 0 Å². The van der Waals surface area contributed by atoms with Crippen LogP contribution in [0.5, 0.6) is 0 Å². The molecule has 0 aliphatic carbocycles. The number of nitrogens with zero attached hydrogens (tertiary/aromatic N) is 1. The van der Waals surface area contributed by atoms with Gasteiger partial charge in [0.15, 0.2) is 5.11 Å². The fraction of sp³-hybridized carbons (Fsp3) is 0.111. The van der Waals surface area contributed by atoms with Crippen molar-refractivity contribution < 1.29 is 13.2 Å². The Morgan fingerprint density at radius 1 is 1.41 bits per heavy atom. The van der Waals surface area contributed by atoms with Crippen molar-refractivity contribution in [2.24, 2.45) is 5.73 Å². The Morgan fingerprint density at radius 2 is 2.12 bits per heavy atom. The van der Waals surface area contributed by atoms with Gasteiger partial charge < -0.3 is 16.0 Å². The van der Waals surface area contributed by atoms with E-state index in [4.69, 9.17) is 5.73 Å². The van der Waals surface area contributed by atoms with E-state index in [1.807, 2.05) is 0 Å². The molecule has 2 aromatic rings. The van der Waals surface area contributed by atoms with Gasteiger partial charge >= 0.3 is 6.18 Å². The van der Waals surface area contributed by atoms with Crippen molar-refractivity contribution in [3.63, 3.8) is 0 Å². The number of benzene rings is 1. The molecule has 0 aliphatic heterocycles. The van der Waals surface area contributed by atoms with Crippen molar-refractivity contribution in [2.45, 2.75) is 6.18 Å². The molecule has 0 bridgehead atoms. The van der Waals surface area contributed by atoms with Gasteiger partial charge in [-0.3, -0.25) is 0 Å². The molecule has 8 heteroatoms. The second-order valence-electron chi connectivity index (χ2n) is 3.30. The van der Waals surface area contributed by atoms with Crippen LogP contribution in [-0.4, -0.2) is 15.1 Å². The molecule has 4 N–H and O–H groups in total. The maximum Gasteiger partial charge on any atom is 0.449 e. The highest BCUT2D eigenvalue weighted by atomic mass is 32.1. The summed E-state index contributed by atoms with van der Waals surface area (Å²) in [5, 5.41) is 2.67. The third-order valence-electron chi connectivity index (χ3n) is 2.02. The molecular weight excluding hydrogens is 253 g/mol. The monoisotopic (exact) mass is 260 g/mol. The van der Waals surface area contributed by atoms with Crippen LogP contribution in [0.4, 0.5) is 18.9 Å². The number of nitrogens with two attached hydrogens (primary N) is 1. The molecule has 0 radical (unpaired) electrons. The summed E-state index contributed by atoms with van der Waals surface area (Å²) in [6.07, 6.45) is -4.49. The summed E-state index contributed by atoms with van der Waals surface area (Å²) in [5.74, 6) is -1.03. The number of thiocarbonyl (C=S) groups is 1. The number of rotatable bonds is 1. The van der Waals surface area contributed by atoms with Gasteiger partial charge in [0, 0.05) is 5.69 Å². The zero-order valence-electron chi connectivity index (χ0n) is 8.30. The predicted octanol–water partition coefficient (Wildman–Crippen LogP) is 2.24. The predicted molar refractivity (Wildman–Crippen MR) is 61.5 cm³/mol. The van der Waals surface area contributed by atoms with Gasteiger partial charge in [-0.25, -0.2) is 4.98 Å². The smallest absolute Gasteiger partial charge is 0.376 e. The molecule has 1 aromatic carbocycles. The normalized spacial score (nSPS) is 11.7. The van der Waals surface area contributed by atoms with Gasteiger partial charge in [0.05, 0.1) is 11.0 Å². The molecule has 4 nitrogen and oxygen atoms in total. The van der Waals surface area contributed by atoms with E-state index in [0.29, 0.717) is 5.69 Å². The second-order valence-corrected chi connectivity index (χ2v) is 3.74. The highest BCUT2D eigenvalue weighted by molar-refractivity contribution is 7.80. The average molecular weight is 260 g/mol. The van der Waals surface area contributed by atoms with Gasteiger partial charge in [-0.15, -0.1) is 0 Å². The number of alkyl halides is 3. The minimum absolute atomic E-state index is 0.0416. The number of halogens is 3.